The summed E-state index contributed by atoms with van der Waals surface area (Å²) in [7, 11) is 0. The molecule has 1 unspecified atom stereocenters. The van der Waals surface area contributed by atoms with Crippen LogP contribution in [0.1, 0.15) is 84.0 Å². The number of carbonyl (C=O) groups excluding carboxylic acids is 1. The molecule has 0 heterocycles. The third-order valence-electron chi connectivity index (χ3n) is 9.88. The van der Waals surface area contributed by atoms with Crippen molar-refractivity contribution in [3.8, 4) is 0 Å². The van der Waals surface area contributed by atoms with Crippen molar-refractivity contribution in [2.75, 3.05) is 0 Å². The molecule has 0 aromatic rings. The number of Topliss-reactive ketones (excluding diaryl/α,β-unsaturated/α-hetero) is 1. The minimum Gasteiger partial charge on any atom is -0.393 e. The molecule has 0 amide bonds. The number of hydrogen-bond donors (Lipinski definition) is 1. The minimum atomic E-state index is -0.0326. The zero-order valence-electron chi connectivity index (χ0n) is 15.3. The Kier molecular flexibility index (Phi) is 3.51. The first kappa shape index (κ1) is 15.9. The Morgan fingerprint density at radius 1 is 0.917 bits per heavy atom. The van der Waals surface area contributed by atoms with Gasteiger partial charge in [0.1, 0.15) is 5.78 Å². The van der Waals surface area contributed by atoms with E-state index < -0.39 is 0 Å². The summed E-state index contributed by atoms with van der Waals surface area (Å²) in [4.78, 5) is 12.0. The summed E-state index contributed by atoms with van der Waals surface area (Å²) in [6, 6.07) is 0. The maximum atomic E-state index is 12.0. The summed E-state index contributed by atoms with van der Waals surface area (Å²) in [5.74, 6) is 4.78. The van der Waals surface area contributed by atoms with Crippen molar-refractivity contribution in [3.63, 3.8) is 0 Å². The lowest BCUT2D eigenvalue weighted by molar-refractivity contribution is -0.144. The van der Waals surface area contributed by atoms with Gasteiger partial charge in [0.05, 0.1) is 6.10 Å². The number of rotatable bonds is 0. The molecular weight excluding hydrogens is 296 g/mol. The zero-order valence-corrected chi connectivity index (χ0v) is 15.3. The van der Waals surface area contributed by atoms with Gasteiger partial charge in [-0.1, -0.05) is 6.92 Å². The van der Waals surface area contributed by atoms with Gasteiger partial charge >= 0.3 is 0 Å². The molecule has 1 spiro atoms. The highest BCUT2D eigenvalue weighted by atomic mass is 16.3. The molecule has 2 heteroatoms. The molecule has 0 aromatic heterocycles. The Bertz CT molecular complexity index is 542. The average Bonchev–Trinajstić information content (AvgIpc) is 2.94. The molecule has 1 N–H and O–H groups in total. The monoisotopic (exact) mass is 330 g/mol. The molecule has 0 radical (unpaired) electrons. The second-order valence-corrected chi connectivity index (χ2v) is 10.4. The molecule has 0 saturated heterocycles. The first-order chi connectivity index (χ1) is 11.5. The molecule has 0 bridgehead atoms. The second-order valence-electron chi connectivity index (χ2n) is 10.4. The zero-order chi connectivity index (χ0) is 16.5. The number of hydrogen-bond acceptors (Lipinski definition) is 2. The summed E-state index contributed by atoms with van der Waals surface area (Å²) in [6.45, 7) is 2.58. The SMILES string of the molecule is C[C@]12CC[C@@H](O)C[C@@H]1CC[C@H]1[C@@H]3CC[C@@H]4CC(=O)CCC43CC[C@@H]12. The molecule has 0 aromatic carbocycles. The molecule has 5 fully saturated rings. The van der Waals surface area contributed by atoms with Crippen molar-refractivity contribution < 1.29 is 9.90 Å². The fourth-order valence-electron chi connectivity index (χ4n) is 8.72. The number of carbonyl (C=O) groups is 1. The molecular formula is C22H34O2. The van der Waals surface area contributed by atoms with Crippen LogP contribution in [0, 0.1) is 40.4 Å². The van der Waals surface area contributed by atoms with Crippen LogP contribution >= 0.6 is 0 Å². The Labute approximate surface area is 146 Å². The lowest BCUT2D eigenvalue weighted by Crippen LogP contribution is -2.55. The molecule has 134 valence electrons. The van der Waals surface area contributed by atoms with Crippen molar-refractivity contribution in [2.24, 2.45) is 40.4 Å². The van der Waals surface area contributed by atoms with Gasteiger partial charge < -0.3 is 5.11 Å². The van der Waals surface area contributed by atoms with Crippen LogP contribution in [0.4, 0.5) is 0 Å². The van der Waals surface area contributed by atoms with Crippen molar-refractivity contribution in [1.82, 2.24) is 0 Å². The van der Waals surface area contributed by atoms with Crippen molar-refractivity contribution in [1.29, 1.82) is 0 Å². The highest BCUT2D eigenvalue weighted by molar-refractivity contribution is 5.79. The van der Waals surface area contributed by atoms with Crippen LogP contribution in [-0.2, 0) is 4.79 Å². The third-order valence-corrected chi connectivity index (χ3v) is 9.88. The van der Waals surface area contributed by atoms with E-state index in [2.05, 4.69) is 6.92 Å². The van der Waals surface area contributed by atoms with Crippen LogP contribution in [0.2, 0.25) is 0 Å². The predicted molar refractivity (Wildman–Crippen MR) is 94.4 cm³/mol. The van der Waals surface area contributed by atoms with Gasteiger partial charge in [-0.15, -0.1) is 0 Å². The van der Waals surface area contributed by atoms with E-state index in [0.29, 0.717) is 16.6 Å². The van der Waals surface area contributed by atoms with Gasteiger partial charge in [-0.25, -0.2) is 0 Å². The van der Waals surface area contributed by atoms with E-state index in [-0.39, 0.29) is 6.10 Å². The van der Waals surface area contributed by atoms with Gasteiger partial charge in [0.15, 0.2) is 0 Å². The van der Waals surface area contributed by atoms with Crippen LogP contribution in [0.25, 0.3) is 0 Å². The topological polar surface area (TPSA) is 37.3 Å². The van der Waals surface area contributed by atoms with Gasteiger partial charge in [0, 0.05) is 12.8 Å². The maximum absolute atomic E-state index is 12.0. The van der Waals surface area contributed by atoms with Crippen molar-refractivity contribution >= 4 is 5.78 Å². The number of ketones is 1. The Morgan fingerprint density at radius 2 is 1.75 bits per heavy atom. The Balaban J connectivity index is 1.44. The minimum absolute atomic E-state index is 0.0326. The molecule has 5 aliphatic carbocycles. The lowest BCUT2D eigenvalue weighted by atomic mass is 9.43. The second kappa shape index (κ2) is 5.32. The van der Waals surface area contributed by atoms with E-state index >= 15 is 0 Å². The average molecular weight is 331 g/mol. The number of aliphatic hydroxyl groups excluding tert-OH is 1. The van der Waals surface area contributed by atoms with Crippen LogP contribution in [-0.4, -0.2) is 17.0 Å². The summed E-state index contributed by atoms with van der Waals surface area (Å²) < 4.78 is 0. The molecule has 5 saturated carbocycles. The molecule has 24 heavy (non-hydrogen) atoms. The van der Waals surface area contributed by atoms with Crippen molar-refractivity contribution in [2.45, 2.75) is 90.1 Å². The fraction of sp³-hybridized carbons (Fsp3) is 0.955. The largest absolute Gasteiger partial charge is 0.393 e. The van der Waals surface area contributed by atoms with Gasteiger partial charge in [-0.3, -0.25) is 4.79 Å². The third kappa shape index (κ3) is 2.01. The fourth-order valence-corrected chi connectivity index (χ4v) is 8.72. The highest BCUT2D eigenvalue weighted by Crippen LogP contribution is 2.69. The smallest absolute Gasteiger partial charge is 0.133 e. The summed E-state index contributed by atoms with van der Waals surface area (Å²) in [5.41, 5.74) is 1.04. The van der Waals surface area contributed by atoms with Crippen LogP contribution in [0.3, 0.4) is 0 Å². The predicted octanol–water partition coefficient (Wildman–Crippen LogP) is 4.74. The van der Waals surface area contributed by atoms with E-state index in [0.717, 1.165) is 55.3 Å². The van der Waals surface area contributed by atoms with Gasteiger partial charge in [0.2, 0.25) is 0 Å². The first-order valence-electron chi connectivity index (χ1n) is 10.7. The molecule has 0 aliphatic heterocycles. The first-order valence-corrected chi connectivity index (χ1v) is 10.7. The number of fused-ring (bicyclic) bond motifs is 4. The molecule has 5 aliphatic rings. The maximum Gasteiger partial charge on any atom is 0.133 e. The molecule has 2 nitrogen and oxygen atoms in total. The van der Waals surface area contributed by atoms with Crippen LogP contribution in [0.5, 0.6) is 0 Å². The summed E-state index contributed by atoms with van der Waals surface area (Å²) in [6.07, 6.45) is 14.6. The molecule has 8 atom stereocenters. The van der Waals surface area contributed by atoms with E-state index in [1.165, 1.54) is 51.4 Å². The summed E-state index contributed by atoms with van der Waals surface area (Å²) >= 11 is 0. The molecule has 5 rings (SSSR count). The van der Waals surface area contributed by atoms with Gasteiger partial charge in [-0.05, 0) is 105 Å². The highest BCUT2D eigenvalue weighted by Gasteiger charge is 2.62. The van der Waals surface area contributed by atoms with E-state index in [1.54, 1.807) is 0 Å². The standard InChI is InChI=1S/C22H34O2/c1-21-9-6-16(23)12-14(21)2-4-18-19(21)8-11-22-10-7-17(24)13-15(22)3-5-20(18)22/h14-16,18-20,23H,2-13H2,1H3/t14-,15+,16+,18+,19-,20-,21-,22?/m0/s1. The normalized spacial score (nSPS) is 56.8. The van der Waals surface area contributed by atoms with Crippen molar-refractivity contribution in [3.05, 3.63) is 0 Å². The Hall–Kier alpha value is -0.370. The van der Waals surface area contributed by atoms with Crippen LogP contribution < -0.4 is 0 Å². The quantitative estimate of drug-likeness (QED) is 0.696. The van der Waals surface area contributed by atoms with E-state index in [1.807, 2.05) is 0 Å². The summed E-state index contributed by atoms with van der Waals surface area (Å²) in [5, 5.41) is 10.2. The van der Waals surface area contributed by atoms with Crippen LogP contribution in [0.15, 0.2) is 0 Å². The Morgan fingerprint density at radius 3 is 2.62 bits per heavy atom. The lowest BCUT2D eigenvalue weighted by Gasteiger charge is -2.62. The number of aliphatic hydroxyl groups is 1. The van der Waals surface area contributed by atoms with E-state index in [4.69, 9.17) is 0 Å². The van der Waals surface area contributed by atoms with Gasteiger partial charge in [0.25, 0.3) is 0 Å². The van der Waals surface area contributed by atoms with Gasteiger partial charge in [-0.2, -0.15) is 0 Å². The van der Waals surface area contributed by atoms with E-state index in [9.17, 15) is 9.90 Å².